The summed E-state index contributed by atoms with van der Waals surface area (Å²) in [5.41, 5.74) is -0.118. The van der Waals surface area contributed by atoms with Crippen molar-refractivity contribution >= 4 is 0 Å². The van der Waals surface area contributed by atoms with E-state index in [1.54, 1.807) is 6.20 Å². The van der Waals surface area contributed by atoms with Crippen LogP contribution in [0.15, 0.2) is 18.7 Å². The lowest BCUT2D eigenvalue weighted by Gasteiger charge is -2.36. The predicted octanol–water partition coefficient (Wildman–Crippen LogP) is 0.404. The second-order valence-corrected chi connectivity index (χ2v) is 4.63. The van der Waals surface area contributed by atoms with E-state index in [-0.39, 0.29) is 12.1 Å². The van der Waals surface area contributed by atoms with Gasteiger partial charge in [-0.15, -0.1) is 0 Å². The Morgan fingerprint density at radius 1 is 1.41 bits per heavy atom. The highest BCUT2D eigenvalue weighted by molar-refractivity contribution is 4.89. The number of aromatic nitrogens is 2. The van der Waals surface area contributed by atoms with Gasteiger partial charge in [0, 0.05) is 37.7 Å². The van der Waals surface area contributed by atoms with Crippen molar-refractivity contribution in [3.63, 3.8) is 0 Å². The van der Waals surface area contributed by atoms with Gasteiger partial charge >= 0.3 is 0 Å². The molecule has 0 spiro atoms. The van der Waals surface area contributed by atoms with Crippen LogP contribution in [0.1, 0.15) is 19.3 Å². The highest BCUT2D eigenvalue weighted by Crippen LogP contribution is 2.19. The Morgan fingerprint density at radius 2 is 2.24 bits per heavy atom. The first-order valence-corrected chi connectivity index (χ1v) is 6.24. The Kier molecular flexibility index (Phi) is 4.53. The zero-order valence-corrected chi connectivity index (χ0v) is 10.1. The first kappa shape index (κ1) is 12.5. The van der Waals surface area contributed by atoms with Gasteiger partial charge < -0.3 is 19.7 Å². The maximum atomic E-state index is 9.49. The minimum Gasteiger partial charge on any atom is -0.394 e. The van der Waals surface area contributed by atoms with Crippen LogP contribution in [0.2, 0.25) is 0 Å². The van der Waals surface area contributed by atoms with Gasteiger partial charge in [0.25, 0.3) is 0 Å². The molecule has 0 amide bonds. The van der Waals surface area contributed by atoms with Gasteiger partial charge in [-0.05, 0) is 25.8 Å². The van der Waals surface area contributed by atoms with E-state index in [9.17, 15) is 5.11 Å². The third-order valence-electron chi connectivity index (χ3n) is 3.40. The fraction of sp³-hybridized carbons (Fsp3) is 0.750. The van der Waals surface area contributed by atoms with Gasteiger partial charge in [-0.25, -0.2) is 4.98 Å². The number of rotatable bonds is 6. The molecule has 1 aromatic heterocycles. The van der Waals surface area contributed by atoms with Crippen LogP contribution < -0.4 is 5.32 Å². The summed E-state index contributed by atoms with van der Waals surface area (Å²) in [6.07, 6.45) is 8.43. The van der Waals surface area contributed by atoms with Gasteiger partial charge in [0.2, 0.25) is 0 Å². The Hall–Kier alpha value is -0.910. The molecule has 1 aromatic rings. The van der Waals surface area contributed by atoms with Crippen molar-refractivity contribution in [2.75, 3.05) is 26.4 Å². The molecule has 2 N–H and O–H groups in total. The Balaban J connectivity index is 1.69. The number of aliphatic hydroxyl groups is 1. The van der Waals surface area contributed by atoms with E-state index in [0.717, 1.165) is 45.6 Å². The molecule has 2 rings (SSSR count). The molecule has 1 aliphatic rings. The van der Waals surface area contributed by atoms with Crippen LogP contribution in [0.4, 0.5) is 0 Å². The quantitative estimate of drug-likeness (QED) is 0.706. The normalized spacial score (nSPS) is 19.4. The molecule has 0 unspecified atom stereocenters. The monoisotopic (exact) mass is 239 g/mol. The van der Waals surface area contributed by atoms with Crippen molar-refractivity contribution in [2.24, 2.45) is 0 Å². The van der Waals surface area contributed by atoms with Crippen molar-refractivity contribution in [1.29, 1.82) is 0 Å². The lowest BCUT2D eigenvalue weighted by molar-refractivity contribution is 0.0120. The fourth-order valence-electron chi connectivity index (χ4n) is 2.19. The number of ether oxygens (including phenoxy) is 1. The van der Waals surface area contributed by atoms with Gasteiger partial charge in [-0.3, -0.25) is 0 Å². The largest absolute Gasteiger partial charge is 0.394 e. The molecule has 1 fully saturated rings. The molecule has 5 nitrogen and oxygen atoms in total. The summed E-state index contributed by atoms with van der Waals surface area (Å²) in [6, 6.07) is 0. The molecule has 2 heterocycles. The van der Waals surface area contributed by atoms with Crippen LogP contribution in [0.25, 0.3) is 0 Å². The number of hydrogen-bond donors (Lipinski definition) is 2. The Morgan fingerprint density at radius 3 is 2.88 bits per heavy atom. The van der Waals surface area contributed by atoms with E-state index >= 15 is 0 Å². The summed E-state index contributed by atoms with van der Waals surface area (Å²) in [4.78, 5) is 4.01. The summed E-state index contributed by atoms with van der Waals surface area (Å²) in [6.45, 7) is 3.56. The van der Waals surface area contributed by atoms with Crippen molar-refractivity contribution in [1.82, 2.24) is 14.9 Å². The summed E-state index contributed by atoms with van der Waals surface area (Å²) in [5.74, 6) is 0. The molecule has 1 saturated heterocycles. The second kappa shape index (κ2) is 6.14. The van der Waals surface area contributed by atoms with Crippen molar-refractivity contribution < 1.29 is 9.84 Å². The average Bonchev–Trinajstić information content (AvgIpc) is 2.89. The van der Waals surface area contributed by atoms with Crippen molar-refractivity contribution in [2.45, 2.75) is 31.3 Å². The number of aliphatic hydroxyl groups excluding tert-OH is 1. The predicted molar refractivity (Wildman–Crippen MR) is 64.7 cm³/mol. The Labute approximate surface area is 102 Å². The fourth-order valence-corrected chi connectivity index (χ4v) is 2.19. The van der Waals surface area contributed by atoms with E-state index in [2.05, 4.69) is 14.9 Å². The molecule has 0 saturated carbocycles. The van der Waals surface area contributed by atoms with Crippen molar-refractivity contribution in [3.05, 3.63) is 18.7 Å². The maximum Gasteiger partial charge on any atom is 0.0945 e. The summed E-state index contributed by atoms with van der Waals surface area (Å²) >= 11 is 0. The standard InChI is InChI=1S/C12H21N3O2/c16-10-12(2-8-17-9-3-12)14-4-1-6-15-7-5-13-11-15/h5,7,11,14,16H,1-4,6,8-10H2. The molecule has 0 bridgehead atoms. The summed E-state index contributed by atoms with van der Waals surface area (Å²) in [7, 11) is 0. The lowest BCUT2D eigenvalue weighted by Crippen LogP contribution is -2.52. The SMILES string of the molecule is OCC1(NCCCn2ccnc2)CCOCC1. The molecule has 0 atom stereocenters. The number of hydrogen-bond acceptors (Lipinski definition) is 4. The molecular weight excluding hydrogens is 218 g/mol. The third-order valence-corrected chi connectivity index (χ3v) is 3.40. The molecular formula is C12H21N3O2. The van der Waals surface area contributed by atoms with Crippen molar-refractivity contribution in [3.8, 4) is 0 Å². The molecule has 17 heavy (non-hydrogen) atoms. The zero-order chi connectivity index (χ0) is 12.0. The third kappa shape index (κ3) is 3.52. The molecule has 0 radical (unpaired) electrons. The maximum absolute atomic E-state index is 9.49. The minimum absolute atomic E-state index is 0.118. The van der Waals surface area contributed by atoms with Gasteiger partial charge in [0.05, 0.1) is 12.9 Å². The summed E-state index contributed by atoms with van der Waals surface area (Å²) < 4.78 is 7.40. The lowest BCUT2D eigenvalue weighted by atomic mass is 9.91. The second-order valence-electron chi connectivity index (χ2n) is 4.63. The first-order valence-electron chi connectivity index (χ1n) is 6.24. The van der Waals surface area contributed by atoms with E-state index < -0.39 is 0 Å². The van der Waals surface area contributed by atoms with Crippen LogP contribution in [0, 0.1) is 0 Å². The average molecular weight is 239 g/mol. The van der Waals surface area contributed by atoms with Crippen LogP contribution >= 0.6 is 0 Å². The number of imidazole rings is 1. The Bertz CT molecular complexity index is 308. The zero-order valence-electron chi connectivity index (χ0n) is 10.1. The van der Waals surface area contributed by atoms with E-state index in [1.165, 1.54) is 0 Å². The molecule has 5 heteroatoms. The van der Waals surface area contributed by atoms with E-state index in [1.807, 2.05) is 12.5 Å². The molecule has 0 aliphatic carbocycles. The van der Waals surface area contributed by atoms with Crippen LogP contribution in [0.3, 0.4) is 0 Å². The minimum atomic E-state index is -0.118. The van der Waals surface area contributed by atoms with E-state index in [4.69, 9.17) is 4.74 Å². The van der Waals surface area contributed by atoms with E-state index in [0.29, 0.717) is 0 Å². The van der Waals surface area contributed by atoms with Crippen LogP contribution in [-0.4, -0.2) is 46.6 Å². The summed E-state index contributed by atoms with van der Waals surface area (Å²) in [5, 5.41) is 13.0. The molecule has 96 valence electrons. The van der Waals surface area contributed by atoms with Gasteiger partial charge in [-0.2, -0.15) is 0 Å². The molecule has 0 aromatic carbocycles. The number of nitrogens with one attached hydrogen (secondary N) is 1. The number of aryl methyl sites for hydroxylation is 1. The molecule has 1 aliphatic heterocycles. The van der Waals surface area contributed by atoms with Gasteiger partial charge in [0.15, 0.2) is 0 Å². The highest BCUT2D eigenvalue weighted by atomic mass is 16.5. The number of nitrogens with zero attached hydrogens (tertiary/aromatic N) is 2. The first-order chi connectivity index (χ1) is 8.35. The van der Waals surface area contributed by atoms with Crippen LogP contribution in [0.5, 0.6) is 0 Å². The van der Waals surface area contributed by atoms with Gasteiger partial charge in [0.1, 0.15) is 0 Å². The topological polar surface area (TPSA) is 59.3 Å². The van der Waals surface area contributed by atoms with Gasteiger partial charge in [-0.1, -0.05) is 0 Å². The smallest absolute Gasteiger partial charge is 0.0945 e. The van der Waals surface area contributed by atoms with Crippen LogP contribution in [-0.2, 0) is 11.3 Å². The highest BCUT2D eigenvalue weighted by Gasteiger charge is 2.30.